The summed E-state index contributed by atoms with van der Waals surface area (Å²) in [6, 6.07) is 9.76. The van der Waals surface area contributed by atoms with E-state index in [1.807, 2.05) is 29.2 Å². The van der Waals surface area contributed by atoms with Crippen LogP contribution in [-0.2, 0) is 14.3 Å². The number of carbonyl (C=O) groups is 2. The molecule has 27 heavy (non-hydrogen) atoms. The lowest BCUT2D eigenvalue weighted by Gasteiger charge is -2.40. The zero-order valence-corrected chi connectivity index (χ0v) is 16.1. The SMILES string of the molecule is CCOC(=O)CN1CSC2=C(C#N)[C@H](c3ccc(OC)cc3)CC(=O)N2C1. The third-order valence-corrected chi connectivity index (χ3v) is 5.73. The third kappa shape index (κ3) is 4.10. The number of nitriles is 1. The lowest BCUT2D eigenvalue weighted by molar-refractivity contribution is -0.146. The second-order valence-electron chi connectivity index (χ2n) is 6.23. The van der Waals surface area contributed by atoms with Crippen molar-refractivity contribution in [1.29, 1.82) is 5.26 Å². The van der Waals surface area contributed by atoms with Gasteiger partial charge in [0.2, 0.25) is 5.91 Å². The quantitative estimate of drug-likeness (QED) is 0.717. The van der Waals surface area contributed by atoms with Crippen molar-refractivity contribution in [3.63, 3.8) is 0 Å². The van der Waals surface area contributed by atoms with Gasteiger partial charge in [-0.15, -0.1) is 0 Å². The number of fused-ring (bicyclic) bond motifs is 1. The van der Waals surface area contributed by atoms with E-state index in [-0.39, 0.29) is 30.8 Å². The normalized spacial score (nSPS) is 20.1. The topological polar surface area (TPSA) is 82.9 Å². The molecule has 0 aliphatic carbocycles. The van der Waals surface area contributed by atoms with E-state index in [2.05, 4.69) is 6.07 Å². The van der Waals surface area contributed by atoms with Crippen LogP contribution in [0.1, 0.15) is 24.8 Å². The largest absolute Gasteiger partial charge is 0.497 e. The molecule has 0 saturated carbocycles. The van der Waals surface area contributed by atoms with Crippen LogP contribution in [0.3, 0.4) is 0 Å². The van der Waals surface area contributed by atoms with Gasteiger partial charge < -0.3 is 9.47 Å². The van der Waals surface area contributed by atoms with Gasteiger partial charge in [-0.1, -0.05) is 23.9 Å². The molecule has 1 atom stereocenters. The average molecular weight is 387 g/mol. The second kappa shape index (κ2) is 8.46. The summed E-state index contributed by atoms with van der Waals surface area (Å²) >= 11 is 1.41. The Hall–Kier alpha value is -2.50. The molecule has 1 amide bonds. The zero-order valence-electron chi connectivity index (χ0n) is 15.3. The first-order valence-electron chi connectivity index (χ1n) is 8.66. The maximum absolute atomic E-state index is 12.8. The molecule has 8 heteroatoms. The summed E-state index contributed by atoms with van der Waals surface area (Å²) in [5.41, 5.74) is 1.52. The van der Waals surface area contributed by atoms with Crippen LogP contribution in [0.25, 0.3) is 0 Å². The summed E-state index contributed by atoms with van der Waals surface area (Å²) in [4.78, 5) is 27.9. The summed E-state index contributed by atoms with van der Waals surface area (Å²) in [7, 11) is 1.60. The van der Waals surface area contributed by atoms with Gasteiger partial charge in [-0.25, -0.2) is 0 Å². The third-order valence-electron chi connectivity index (χ3n) is 4.53. The van der Waals surface area contributed by atoms with Gasteiger partial charge in [-0.3, -0.25) is 19.4 Å². The van der Waals surface area contributed by atoms with E-state index in [9.17, 15) is 14.9 Å². The lowest BCUT2D eigenvalue weighted by atomic mass is 9.86. The molecule has 142 valence electrons. The van der Waals surface area contributed by atoms with Crippen molar-refractivity contribution in [2.24, 2.45) is 0 Å². The minimum atomic E-state index is -0.313. The van der Waals surface area contributed by atoms with E-state index in [1.165, 1.54) is 11.8 Å². The molecular weight excluding hydrogens is 366 g/mol. The number of benzene rings is 1. The highest BCUT2D eigenvalue weighted by atomic mass is 32.2. The zero-order chi connectivity index (χ0) is 19.4. The first-order chi connectivity index (χ1) is 13.1. The van der Waals surface area contributed by atoms with Crippen molar-refractivity contribution in [3.05, 3.63) is 40.4 Å². The molecule has 2 aliphatic rings. The number of hydrogen-bond donors (Lipinski definition) is 0. The number of amides is 1. The molecule has 0 unspecified atom stereocenters. The lowest BCUT2D eigenvalue weighted by Crippen LogP contribution is -2.48. The predicted molar refractivity (Wildman–Crippen MR) is 101 cm³/mol. The van der Waals surface area contributed by atoms with Crippen LogP contribution < -0.4 is 4.74 Å². The maximum Gasteiger partial charge on any atom is 0.320 e. The Labute approximate surface area is 162 Å². The fourth-order valence-corrected chi connectivity index (χ4v) is 4.35. The number of allylic oxidation sites excluding steroid dienone is 1. The smallest absolute Gasteiger partial charge is 0.320 e. The van der Waals surface area contributed by atoms with Crippen molar-refractivity contribution < 1.29 is 19.1 Å². The van der Waals surface area contributed by atoms with E-state index in [4.69, 9.17) is 9.47 Å². The van der Waals surface area contributed by atoms with Crippen molar-refractivity contribution in [2.45, 2.75) is 19.3 Å². The monoisotopic (exact) mass is 387 g/mol. The van der Waals surface area contributed by atoms with Gasteiger partial charge in [0, 0.05) is 12.3 Å². The Morgan fingerprint density at radius 1 is 1.37 bits per heavy atom. The van der Waals surface area contributed by atoms with Gasteiger partial charge in [0.15, 0.2) is 0 Å². The number of rotatable bonds is 5. The molecule has 3 rings (SSSR count). The minimum absolute atomic E-state index is 0.0501. The van der Waals surface area contributed by atoms with Gasteiger partial charge in [0.05, 0.1) is 49.5 Å². The number of thioether (sulfide) groups is 1. The molecule has 1 aromatic rings. The van der Waals surface area contributed by atoms with E-state index < -0.39 is 0 Å². The molecular formula is C19H21N3O4S. The van der Waals surface area contributed by atoms with Crippen LogP contribution in [0, 0.1) is 11.3 Å². The van der Waals surface area contributed by atoms with Crippen molar-refractivity contribution in [1.82, 2.24) is 9.80 Å². The number of carbonyl (C=O) groups excluding carboxylic acids is 2. The van der Waals surface area contributed by atoms with Crippen molar-refractivity contribution in [2.75, 3.05) is 32.8 Å². The van der Waals surface area contributed by atoms with Crippen LogP contribution in [0.5, 0.6) is 5.75 Å². The van der Waals surface area contributed by atoms with Crippen LogP contribution in [0.15, 0.2) is 34.9 Å². The first-order valence-corrected chi connectivity index (χ1v) is 9.65. The maximum atomic E-state index is 12.8. The van der Waals surface area contributed by atoms with Gasteiger partial charge in [-0.2, -0.15) is 5.26 Å². The number of hydrogen-bond acceptors (Lipinski definition) is 7. The van der Waals surface area contributed by atoms with Gasteiger partial charge in [-0.05, 0) is 24.6 Å². The molecule has 1 saturated heterocycles. The Bertz CT molecular complexity index is 800. The predicted octanol–water partition coefficient (Wildman–Crippen LogP) is 2.27. The van der Waals surface area contributed by atoms with Crippen molar-refractivity contribution in [3.8, 4) is 11.8 Å². The van der Waals surface area contributed by atoms with Gasteiger partial charge in [0.1, 0.15) is 5.75 Å². The highest BCUT2D eigenvalue weighted by molar-refractivity contribution is 8.03. The van der Waals surface area contributed by atoms with E-state index in [0.717, 1.165) is 11.3 Å². The molecule has 0 aromatic heterocycles. The van der Waals surface area contributed by atoms with Crippen molar-refractivity contribution >= 4 is 23.6 Å². The molecule has 1 fully saturated rings. The fourth-order valence-electron chi connectivity index (χ4n) is 3.22. The summed E-state index contributed by atoms with van der Waals surface area (Å²) < 4.78 is 10.2. The molecule has 1 aromatic carbocycles. The van der Waals surface area contributed by atoms with E-state index in [0.29, 0.717) is 29.8 Å². The van der Waals surface area contributed by atoms with Crippen LogP contribution >= 0.6 is 11.8 Å². The summed E-state index contributed by atoms with van der Waals surface area (Å²) in [6.45, 7) is 2.51. The molecule has 0 spiro atoms. The average Bonchev–Trinajstić information content (AvgIpc) is 2.68. The fraction of sp³-hybridized carbons (Fsp3) is 0.421. The highest BCUT2D eigenvalue weighted by Gasteiger charge is 2.38. The Balaban J connectivity index is 1.82. The number of methoxy groups -OCH3 is 1. The molecule has 0 bridgehead atoms. The van der Waals surface area contributed by atoms with Gasteiger partial charge >= 0.3 is 5.97 Å². The molecule has 0 N–H and O–H groups in total. The van der Waals surface area contributed by atoms with Crippen LogP contribution in [0.4, 0.5) is 0 Å². The molecule has 0 radical (unpaired) electrons. The number of nitrogens with zero attached hydrogens (tertiary/aromatic N) is 3. The number of esters is 1. The van der Waals surface area contributed by atoms with Crippen LogP contribution in [-0.4, -0.2) is 54.5 Å². The first kappa shape index (κ1) is 19.3. The summed E-state index contributed by atoms with van der Waals surface area (Å²) in [5.74, 6) is 0.634. The molecule has 2 aliphatic heterocycles. The summed E-state index contributed by atoms with van der Waals surface area (Å²) in [5, 5.41) is 10.4. The minimum Gasteiger partial charge on any atom is -0.497 e. The molecule has 7 nitrogen and oxygen atoms in total. The highest BCUT2D eigenvalue weighted by Crippen LogP contribution is 2.42. The van der Waals surface area contributed by atoms with Gasteiger partial charge in [0.25, 0.3) is 0 Å². The van der Waals surface area contributed by atoms with E-state index in [1.54, 1.807) is 18.9 Å². The molecule has 2 heterocycles. The Morgan fingerprint density at radius 3 is 2.74 bits per heavy atom. The Morgan fingerprint density at radius 2 is 2.11 bits per heavy atom. The second-order valence-corrected chi connectivity index (χ2v) is 7.16. The summed E-state index contributed by atoms with van der Waals surface area (Å²) in [6.07, 6.45) is 0.229. The number of ether oxygens (including phenoxy) is 2. The van der Waals surface area contributed by atoms with E-state index >= 15 is 0 Å². The van der Waals surface area contributed by atoms with Crippen LogP contribution in [0.2, 0.25) is 0 Å². The standard InChI is InChI=1S/C19H21N3O4S/c1-3-26-18(24)10-21-11-22-17(23)8-15(16(9-20)19(22)27-12-21)13-4-6-14(25-2)7-5-13/h4-7,15H,3,8,10-12H2,1-2H3/t15-/m0/s1. The Kier molecular flexibility index (Phi) is 6.04.